The van der Waals surface area contributed by atoms with E-state index >= 15 is 0 Å². The number of ketones is 1. The van der Waals surface area contributed by atoms with Gasteiger partial charge in [0.1, 0.15) is 6.61 Å². The number of aryl methyl sites for hydroxylation is 3. The zero-order chi connectivity index (χ0) is 23.6. The van der Waals surface area contributed by atoms with Crippen LogP contribution in [0.1, 0.15) is 52.4 Å². The Morgan fingerprint density at radius 3 is 2.53 bits per heavy atom. The number of hydrogen-bond acceptors (Lipinski definition) is 7. The second-order valence-electron chi connectivity index (χ2n) is 7.74. The average molecular weight is 440 g/mol. The molecular formula is C23H24N2O7. The van der Waals surface area contributed by atoms with Gasteiger partial charge in [-0.15, -0.1) is 0 Å². The van der Waals surface area contributed by atoms with E-state index in [0.29, 0.717) is 17.5 Å². The van der Waals surface area contributed by atoms with Crippen molar-refractivity contribution in [3.8, 4) is 0 Å². The molecule has 1 heterocycles. The molecule has 0 aliphatic heterocycles. The van der Waals surface area contributed by atoms with Crippen molar-refractivity contribution in [2.75, 3.05) is 0 Å². The Kier molecular flexibility index (Phi) is 6.57. The predicted molar refractivity (Wildman–Crippen MR) is 117 cm³/mol. The van der Waals surface area contributed by atoms with Crippen molar-refractivity contribution in [1.82, 2.24) is 4.57 Å². The van der Waals surface area contributed by atoms with E-state index in [9.17, 15) is 24.5 Å². The van der Waals surface area contributed by atoms with Gasteiger partial charge in [-0.1, -0.05) is 6.07 Å². The fourth-order valence-electron chi connectivity index (χ4n) is 3.98. The zero-order valence-corrected chi connectivity index (χ0v) is 18.4. The smallest absolute Gasteiger partial charge is 0.419 e. The summed E-state index contributed by atoms with van der Waals surface area (Å²) >= 11 is 0. The van der Waals surface area contributed by atoms with Gasteiger partial charge >= 0.3 is 11.7 Å². The number of carbonyl (C=O) groups excluding carboxylic acids is 2. The Hall–Kier alpha value is -3.75. The van der Waals surface area contributed by atoms with Crippen molar-refractivity contribution in [3.05, 3.63) is 72.7 Å². The summed E-state index contributed by atoms with van der Waals surface area (Å²) in [7, 11) is 0. The maximum atomic E-state index is 12.2. The van der Waals surface area contributed by atoms with Crippen LogP contribution >= 0.6 is 0 Å². The summed E-state index contributed by atoms with van der Waals surface area (Å²) in [5.74, 6) is -1.10. The molecule has 0 spiro atoms. The number of non-ortho nitro benzene ring substituents is 1. The van der Waals surface area contributed by atoms with E-state index in [1.807, 2.05) is 26.8 Å². The molecule has 2 aromatic carbocycles. The van der Waals surface area contributed by atoms with E-state index in [1.165, 1.54) is 29.7 Å². The van der Waals surface area contributed by atoms with Crippen molar-refractivity contribution in [3.63, 3.8) is 0 Å². The normalized spacial score (nSPS) is 11.0. The number of carbonyl (C=O) groups is 2. The number of Topliss-reactive ketones (excluding diaryl/α,β-unsaturated/α-hetero) is 1. The van der Waals surface area contributed by atoms with E-state index in [-0.39, 0.29) is 36.6 Å². The summed E-state index contributed by atoms with van der Waals surface area (Å²) in [4.78, 5) is 46.6. The quantitative estimate of drug-likeness (QED) is 0.223. The SMILES string of the molecule is CC(=O)c1c(C)cc(C)c(COC(=O)CCCn2c(=O)oc3cc([N+](=O)[O-])ccc32)c1C. The van der Waals surface area contributed by atoms with E-state index in [1.54, 1.807) is 0 Å². The van der Waals surface area contributed by atoms with Gasteiger partial charge in [-0.2, -0.15) is 0 Å². The van der Waals surface area contributed by atoms with Crippen LogP contribution in [0, 0.1) is 30.9 Å². The summed E-state index contributed by atoms with van der Waals surface area (Å²) in [5.41, 5.74) is 4.50. The third kappa shape index (κ3) is 4.61. The van der Waals surface area contributed by atoms with Gasteiger partial charge < -0.3 is 9.15 Å². The Labute approximate surface area is 183 Å². The minimum absolute atomic E-state index is 0.0318. The first-order valence-electron chi connectivity index (χ1n) is 10.1. The van der Waals surface area contributed by atoms with Crippen LogP contribution in [0.3, 0.4) is 0 Å². The van der Waals surface area contributed by atoms with Crippen molar-refractivity contribution in [2.45, 2.75) is 53.7 Å². The van der Waals surface area contributed by atoms with Gasteiger partial charge in [0.2, 0.25) is 0 Å². The maximum absolute atomic E-state index is 12.2. The molecule has 0 radical (unpaired) electrons. The van der Waals surface area contributed by atoms with Crippen molar-refractivity contribution in [1.29, 1.82) is 0 Å². The second kappa shape index (κ2) is 9.17. The average Bonchev–Trinajstić information content (AvgIpc) is 3.01. The number of benzene rings is 2. The molecule has 0 saturated heterocycles. The summed E-state index contributed by atoms with van der Waals surface area (Å²) < 4.78 is 11.8. The van der Waals surface area contributed by atoms with Crippen LogP contribution in [0.25, 0.3) is 11.1 Å². The molecule has 0 saturated carbocycles. The third-order valence-corrected chi connectivity index (χ3v) is 5.49. The lowest BCUT2D eigenvalue weighted by Crippen LogP contribution is -2.15. The van der Waals surface area contributed by atoms with Gasteiger partial charge in [0, 0.05) is 24.6 Å². The number of nitro groups is 1. The van der Waals surface area contributed by atoms with Gasteiger partial charge in [0.05, 0.1) is 16.5 Å². The van der Waals surface area contributed by atoms with Crippen LogP contribution in [0.4, 0.5) is 5.69 Å². The van der Waals surface area contributed by atoms with Gasteiger partial charge in [-0.3, -0.25) is 24.3 Å². The Morgan fingerprint density at radius 1 is 1.16 bits per heavy atom. The van der Waals surface area contributed by atoms with E-state index in [0.717, 1.165) is 22.3 Å². The van der Waals surface area contributed by atoms with Crippen molar-refractivity contribution >= 4 is 28.5 Å². The fraction of sp³-hybridized carbons (Fsp3) is 0.348. The number of hydrogen-bond donors (Lipinski definition) is 0. The highest BCUT2D eigenvalue weighted by Crippen LogP contribution is 2.24. The molecule has 0 amide bonds. The molecule has 32 heavy (non-hydrogen) atoms. The number of nitrogens with zero attached hydrogens (tertiary/aromatic N) is 2. The van der Waals surface area contributed by atoms with Crippen LogP contribution in [-0.2, 0) is 22.7 Å². The molecule has 3 aromatic rings. The molecule has 0 aliphatic rings. The molecule has 3 rings (SSSR count). The lowest BCUT2D eigenvalue weighted by atomic mass is 9.92. The highest BCUT2D eigenvalue weighted by molar-refractivity contribution is 5.97. The Morgan fingerprint density at radius 2 is 1.88 bits per heavy atom. The molecule has 0 aliphatic carbocycles. The van der Waals surface area contributed by atoms with Crippen LogP contribution in [0.15, 0.2) is 33.5 Å². The van der Waals surface area contributed by atoms with Gasteiger partial charge in [-0.05, 0) is 62.4 Å². The van der Waals surface area contributed by atoms with Crippen LogP contribution in [-0.4, -0.2) is 21.2 Å². The highest BCUT2D eigenvalue weighted by Gasteiger charge is 2.17. The molecule has 0 unspecified atom stereocenters. The molecular weight excluding hydrogens is 416 g/mol. The van der Waals surface area contributed by atoms with E-state index in [4.69, 9.17) is 9.15 Å². The summed E-state index contributed by atoms with van der Waals surface area (Å²) in [6, 6.07) is 5.85. The summed E-state index contributed by atoms with van der Waals surface area (Å²) in [5, 5.41) is 10.9. The first-order valence-corrected chi connectivity index (χ1v) is 10.1. The number of nitro benzene ring substituents is 1. The maximum Gasteiger partial charge on any atom is 0.419 e. The van der Waals surface area contributed by atoms with Gasteiger partial charge in [0.25, 0.3) is 5.69 Å². The fourth-order valence-corrected chi connectivity index (χ4v) is 3.98. The first-order chi connectivity index (χ1) is 15.1. The summed E-state index contributed by atoms with van der Waals surface area (Å²) in [6.45, 7) is 7.42. The predicted octanol–water partition coefficient (Wildman–Crippen LogP) is 4.15. The number of aromatic nitrogens is 1. The van der Waals surface area contributed by atoms with Crippen molar-refractivity contribution in [2.24, 2.45) is 0 Å². The van der Waals surface area contributed by atoms with Crippen LogP contribution in [0.5, 0.6) is 0 Å². The number of fused-ring (bicyclic) bond motifs is 1. The Bertz CT molecular complexity index is 1280. The van der Waals surface area contributed by atoms with E-state index in [2.05, 4.69) is 0 Å². The molecule has 0 atom stereocenters. The Balaban J connectivity index is 1.63. The first kappa shape index (κ1) is 22.9. The molecule has 0 fully saturated rings. The lowest BCUT2D eigenvalue weighted by molar-refractivity contribution is -0.384. The molecule has 0 bridgehead atoms. The molecule has 9 nitrogen and oxygen atoms in total. The second-order valence-corrected chi connectivity index (χ2v) is 7.74. The van der Waals surface area contributed by atoms with E-state index < -0.39 is 16.6 Å². The minimum Gasteiger partial charge on any atom is -0.461 e. The molecule has 1 aromatic heterocycles. The number of rotatable bonds is 8. The molecule has 168 valence electrons. The third-order valence-electron chi connectivity index (χ3n) is 5.49. The highest BCUT2D eigenvalue weighted by atomic mass is 16.6. The van der Waals surface area contributed by atoms with Crippen LogP contribution < -0.4 is 5.76 Å². The molecule has 9 heteroatoms. The summed E-state index contributed by atoms with van der Waals surface area (Å²) in [6.07, 6.45) is 0.407. The lowest BCUT2D eigenvalue weighted by Gasteiger charge is -2.16. The van der Waals surface area contributed by atoms with Gasteiger partial charge in [-0.25, -0.2) is 4.79 Å². The van der Waals surface area contributed by atoms with Crippen LogP contribution in [0.2, 0.25) is 0 Å². The standard InChI is InChI=1S/C23H24N2O7/c1-13-10-14(2)22(16(4)26)15(3)18(13)12-31-21(27)6-5-9-24-19-8-7-17(25(29)30)11-20(19)32-23(24)28/h7-8,10-11H,5-6,9,12H2,1-4H3. The number of oxazole rings is 1. The number of esters is 1. The monoisotopic (exact) mass is 440 g/mol. The largest absolute Gasteiger partial charge is 0.461 e. The minimum atomic E-state index is -0.642. The topological polar surface area (TPSA) is 122 Å². The molecule has 0 N–H and O–H groups in total. The van der Waals surface area contributed by atoms with Gasteiger partial charge in [0.15, 0.2) is 11.4 Å². The van der Waals surface area contributed by atoms with Crippen molar-refractivity contribution < 1.29 is 23.7 Å². The number of ether oxygens (including phenoxy) is 1. The zero-order valence-electron chi connectivity index (χ0n) is 18.4.